The lowest BCUT2D eigenvalue weighted by molar-refractivity contribution is 0.575. The van der Waals surface area contributed by atoms with Crippen molar-refractivity contribution >= 4 is 28.7 Å². The van der Waals surface area contributed by atoms with Crippen LogP contribution >= 0.6 is 23.5 Å². The number of nitrogens with one attached hydrogen (secondary N) is 1. The SMILES string of the molecule is CSCCCNC1=NCC(CC(C)C)S1. The molecule has 0 spiro atoms. The molecule has 0 bridgehead atoms. The van der Waals surface area contributed by atoms with E-state index >= 15 is 0 Å². The van der Waals surface area contributed by atoms with Crippen LogP contribution in [0.5, 0.6) is 0 Å². The highest BCUT2D eigenvalue weighted by molar-refractivity contribution is 8.14. The molecule has 0 aliphatic carbocycles. The van der Waals surface area contributed by atoms with E-state index in [1.54, 1.807) is 0 Å². The molecule has 1 N–H and O–H groups in total. The zero-order valence-electron chi connectivity index (χ0n) is 9.95. The molecule has 1 atom stereocenters. The maximum absolute atomic E-state index is 4.53. The van der Waals surface area contributed by atoms with Crippen molar-refractivity contribution in [2.45, 2.75) is 31.9 Å². The fourth-order valence-corrected chi connectivity index (χ4v) is 3.29. The van der Waals surface area contributed by atoms with Crippen LogP contribution in [-0.4, -0.2) is 35.5 Å². The first-order valence-corrected chi connectivity index (χ1v) is 7.93. The van der Waals surface area contributed by atoms with E-state index in [1.165, 1.54) is 23.8 Å². The highest BCUT2D eigenvalue weighted by Crippen LogP contribution is 2.25. The summed E-state index contributed by atoms with van der Waals surface area (Å²) < 4.78 is 0. The van der Waals surface area contributed by atoms with Crippen molar-refractivity contribution in [1.29, 1.82) is 0 Å². The first kappa shape index (κ1) is 13.2. The largest absolute Gasteiger partial charge is 0.365 e. The zero-order valence-corrected chi connectivity index (χ0v) is 11.6. The summed E-state index contributed by atoms with van der Waals surface area (Å²) >= 11 is 3.84. The summed E-state index contributed by atoms with van der Waals surface area (Å²) in [6.07, 6.45) is 4.67. The monoisotopic (exact) mass is 246 g/mol. The third kappa shape index (κ3) is 5.71. The van der Waals surface area contributed by atoms with Gasteiger partial charge in [0.05, 0.1) is 6.54 Å². The summed E-state index contributed by atoms with van der Waals surface area (Å²) in [5, 5.41) is 5.30. The second kappa shape index (κ2) is 7.44. The fourth-order valence-electron chi connectivity index (χ4n) is 1.57. The fraction of sp³-hybridized carbons (Fsp3) is 0.909. The molecule has 0 saturated carbocycles. The Morgan fingerprint density at radius 1 is 1.60 bits per heavy atom. The number of hydrogen-bond acceptors (Lipinski definition) is 4. The number of aliphatic imine (C=N–C) groups is 1. The van der Waals surface area contributed by atoms with Crippen molar-refractivity contribution in [3.8, 4) is 0 Å². The molecule has 0 amide bonds. The van der Waals surface area contributed by atoms with Gasteiger partial charge in [-0.3, -0.25) is 4.99 Å². The van der Waals surface area contributed by atoms with Crippen molar-refractivity contribution in [2.75, 3.05) is 25.1 Å². The summed E-state index contributed by atoms with van der Waals surface area (Å²) in [4.78, 5) is 4.53. The van der Waals surface area contributed by atoms with Crippen molar-refractivity contribution in [3.63, 3.8) is 0 Å². The summed E-state index contributed by atoms with van der Waals surface area (Å²) in [6, 6.07) is 0. The Bertz CT molecular complexity index is 205. The Kier molecular flexibility index (Phi) is 6.57. The molecule has 1 rings (SSSR count). The minimum atomic E-state index is 0.716. The summed E-state index contributed by atoms with van der Waals surface area (Å²) in [6.45, 7) is 6.64. The quantitative estimate of drug-likeness (QED) is 0.729. The molecule has 0 aromatic rings. The first-order valence-electron chi connectivity index (χ1n) is 5.66. The third-order valence-electron chi connectivity index (χ3n) is 2.25. The smallest absolute Gasteiger partial charge is 0.156 e. The lowest BCUT2D eigenvalue weighted by Crippen LogP contribution is -2.21. The molecular formula is C11H22N2S2. The first-order chi connectivity index (χ1) is 7.22. The summed E-state index contributed by atoms with van der Waals surface area (Å²) in [5.41, 5.74) is 0. The Balaban J connectivity index is 2.07. The van der Waals surface area contributed by atoms with Crippen LogP contribution in [0.3, 0.4) is 0 Å². The third-order valence-corrected chi connectivity index (χ3v) is 4.12. The summed E-state index contributed by atoms with van der Waals surface area (Å²) in [5.74, 6) is 2.02. The van der Waals surface area contributed by atoms with Gasteiger partial charge >= 0.3 is 0 Å². The minimum absolute atomic E-state index is 0.716. The Morgan fingerprint density at radius 3 is 3.07 bits per heavy atom. The van der Waals surface area contributed by atoms with Crippen molar-refractivity contribution in [2.24, 2.45) is 10.9 Å². The molecule has 2 nitrogen and oxygen atoms in total. The van der Waals surface area contributed by atoms with Crippen LogP contribution in [-0.2, 0) is 0 Å². The topological polar surface area (TPSA) is 24.4 Å². The Morgan fingerprint density at radius 2 is 2.40 bits per heavy atom. The van der Waals surface area contributed by atoms with Gasteiger partial charge in [0, 0.05) is 11.8 Å². The van der Waals surface area contributed by atoms with E-state index in [0.29, 0.717) is 5.25 Å². The molecule has 1 aliphatic rings. The molecule has 0 radical (unpaired) electrons. The van der Waals surface area contributed by atoms with Gasteiger partial charge in [-0.2, -0.15) is 11.8 Å². The lowest BCUT2D eigenvalue weighted by atomic mass is 10.1. The van der Waals surface area contributed by atoms with E-state index in [2.05, 4.69) is 30.4 Å². The van der Waals surface area contributed by atoms with E-state index in [1.807, 2.05) is 23.5 Å². The van der Waals surface area contributed by atoms with Crippen molar-refractivity contribution < 1.29 is 0 Å². The second-order valence-electron chi connectivity index (χ2n) is 4.29. The van der Waals surface area contributed by atoms with Crippen molar-refractivity contribution in [1.82, 2.24) is 5.32 Å². The highest BCUT2D eigenvalue weighted by atomic mass is 32.2. The van der Waals surface area contributed by atoms with E-state index in [0.717, 1.165) is 19.0 Å². The standard InChI is InChI=1S/C11H22N2S2/c1-9(2)7-10-8-13-11(15-10)12-5-4-6-14-3/h9-10H,4-8H2,1-3H3,(H,12,13). The van der Waals surface area contributed by atoms with Crippen molar-refractivity contribution in [3.05, 3.63) is 0 Å². The van der Waals surface area contributed by atoms with E-state index in [9.17, 15) is 0 Å². The van der Waals surface area contributed by atoms with Crippen LogP contribution in [0.1, 0.15) is 26.7 Å². The van der Waals surface area contributed by atoms with E-state index < -0.39 is 0 Å². The zero-order chi connectivity index (χ0) is 11.1. The molecule has 4 heteroatoms. The molecule has 0 aromatic heterocycles. The van der Waals surface area contributed by atoms with Gasteiger partial charge in [0.2, 0.25) is 0 Å². The molecule has 1 heterocycles. The number of thioether (sulfide) groups is 2. The molecular weight excluding hydrogens is 224 g/mol. The molecule has 1 unspecified atom stereocenters. The summed E-state index contributed by atoms with van der Waals surface area (Å²) in [7, 11) is 0. The van der Waals surface area contributed by atoms with Crippen LogP contribution < -0.4 is 5.32 Å². The average molecular weight is 246 g/mol. The number of hydrogen-bond donors (Lipinski definition) is 1. The normalized spacial score (nSPS) is 20.8. The Labute approximate surface area is 102 Å². The Hall–Kier alpha value is 0.170. The van der Waals surface area contributed by atoms with Gasteiger partial charge in [-0.05, 0) is 30.8 Å². The van der Waals surface area contributed by atoms with Gasteiger partial charge in [0.15, 0.2) is 5.17 Å². The van der Waals surface area contributed by atoms with Crippen LogP contribution in [0.25, 0.3) is 0 Å². The van der Waals surface area contributed by atoms with E-state index in [-0.39, 0.29) is 0 Å². The maximum atomic E-state index is 4.53. The van der Waals surface area contributed by atoms with Gasteiger partial charge in [-0.25, -0.2) is 0 Å². The highest BCUT2D eigenvalue weighted by Gasteiger charge is 2.19. The van der Waals surface area contributed by atoms with Crippen LogP contribution in [0.2, 0.25) is 0 Å². The number of nitrogens with zero attached hydrogens (tertiary/aromatic N) is 1. The molecule has 0 saturated heterocycles. The lowest BCUT2D eigenvalue weighted by Gasteiger charge is -2.11. The average Bonchev–Trinajstić information content (AvgIpc) is 2.59. The maximum Gasteiger partial charge on any atom is 0.156 e. The minimum Gasteiger partial charge on any atom is -0.365 e. The van der Waals surface area contributed by atoms with Gasteiger partial charge in [-0.15, -0.1) is 0 Å². The van der Waals surface area contributed by atoms with Crippen LogP contribution in [0.15, 0.2) is 4.99 Å². The van der Waals surface area contributed by atoms with Crippen LogP contribution in [0, 0.1) is 5.92 Å². The van der Waals surface area contributed by atoms with Gasteiger partial charge in [-0.1, -0.05) is 25.6 Å². The van der Waals surface area contributed by atoms with E-state index in [4.69, 9.17) is 0 Å². The molecule has 88 valence electrons. The number of amidine groups is 1. The van der Waals surface area contributed by atoms with Gasteiger partial charge in [0.25, 0.3) is 0 Å². The van der Waals surface area contributed by atoms with Gasteiger partial charge in [0.1, 0.15) is 0 Å². The predicted octanol–water partition coefficient (Wildman–Crippen LogP) is 2.85. The number of rotatable bonds is 6. The molecule has 1 aliphatic heterocycles. The molecule has 15 heavy (non-hydrogen) atoms. The molecule has 0 aromatic carbocycles. The predicted molar refractivity (Wildman–Crippen MR) is 74.1 cm³/mol. The second-order valence-corrected chi connectivity index (χ2v) is 6.56. The van der Waals surface area contributed by atoms with Crippen LogP contribution in [0.4, 0.5) is 0 Å². The molecule has 0 fully saturated rings. The van der Waals surface area contributed by atoms with Gasteiger partial charge < -0.3 is 5.32 Å².